The Morgan fingerprint density at radius 1 is 1.15 bits per heavy atom. The maximum absolute atomic E-state index is 9.77. The molecule has 0 spiro atoms. The fraction of sp³-hybridized carbons (Fsp3) is 0.455. The Kier molecular flexibility index (Phi) is 3.32. The van der Waals surface area contributed by atoms with Crippen LogP contribution in [0.5, 0.6) is 5.75 Å². The highest BCUT2D eigenvalue weighted by Gasteiger charge is 2.06. The molecule has 0 radical (unpaired) electrons. The molecule has 1 aromatic carbocycles. The number of hydrogen-bond donors (Lipinski definition) is 2. The fourth-order valence-corrected chi connectivity index (χ4v) is 1.49. The molecule has 72 valence electrons. The van der Waals surface area contributed by atoms with Gasteiger partial charge in [0.2, 0.25) is 0 Å². The van der Waals surface area contributed by atoms with Gasteiger partial charge in [-0.3, -0.25) is 0 Å². The van der Waals surface area contributed by atoms with Crippen molar-refractivity contribution in [3.05, 3.63) is 28.8 Å². The molecule has 1 aromatic rings. The van der Waals surface area contributed by atoms with E-state index >= 15 is 0 Å². The topological polar surface area (TPSA) is 46.2 Å². The lowest BCUT2D eigenvalue weighted by Gasteiger charge is -2.09. The molecule has 0 unspecified atom stereocenters. The van der Waals surface area contributed by atoms with Crippen LogP contribution >= 0.6 is 0 Å². The van der Waals surface area contributed by atoms with Gasteiger partial charge in [-0.25, -0.2) is 0 Å². The molecular weight excluding hydrogens is 162 g/mol. The van der Waals surface area contributed by atoms with Gasteiger partial charge in [-0.2, -0.15) is 0 Å². The van der Waals surface area contributed by atoms with Crippen LogP contribution < -0.4 is 5.73 Å². The summed E-state index contributed by atoms with van der Waals surface area (Å²) in [5, 5.41) is 9.77. The van der Waals surface area contributed by atoms with Crippen LogP contribution in [0.15, 0.2) is 12.1 Å². The summed E-state index contributed by atoms with van der Waals surface area (Å²) in [5.74, 6) is 0.446. The molecule has 1 rings (SSSR count). The van der Waals surface area contributed by atoms with E-state index in [1.54, 1.807) is 0 Å². The van der Waals surface area contributed by atoms with E-state index in [4.69, 9.17) is 5.73 Å². The van der Waals surface area contributed by atoms with Crippen LogP contribution in [0.2, 0.25) is 0 Å². The molecule has 0 bridgehead atoms. The van der Waals surface area contributed by atoms with Crippen molar-refractivity contribution in [2.45, 2.75) is 33.2 Å². The molecule has 0 saturated carbocycles. The van der Waals surface area contributed by atoms with Gasteiger partial charge in [0.15, 0.2) is 0 Å². The first-order valence-electron chi connectivity index (χ1n) is 4.76. The average Bonchev–Trinajstić information content (AvgIpc) is 2.18. The minimum atomic E-state index is 0.446. The van der Waals surface area contributed by atoms with Crippen molar-refractivity contribution in [3.8, 4) is 5.75 Å². The van der Waals surface area contributed by atoms with Crippen molar-refractivity contribution in [2.24, 2.45) is 5.73 Å². The lowest BCUT2D eigenvalue weighted by molar-refractivity contribution is 0.462. The summed E-state index contributed by atoms with van der Waals surface area (Å²) in [5.41, 5.74) is 8.67. The molecule has 2 heteroatoms. The number of benzene rings is 1. The van der Waals surface area contributed by atoms with Crippen LogP contribution in [-0.4, -0.2) is 5.11 Å². The van der Waals surface area contributed by atoms with Crippen molar-refractivity contribution in [1.29, 1.82) is 0 Å². The van der Waals surface area contributed by atoms with Crippen LogP contribution in [0.3, 0.4) is 0 Å². The summed E-state index contributed by atoms with van der Waals surface area (Å²) < 4.78 is 0. The second-order valence-corrected chi connectivity index (χ2v) is 3.17. The molecule has 0 aliphatic carbocycles. The molecule has 0 heterocycles. The summed E-state index contributed by atoms with van der Waals surface area (Å²) >= 11 is 0. The molecule has 2 nitrogen and oxygen atoms in total. The quantitative estimate of drug-likeness (QED) is 0.745. The maximum atomic E-state index is 9.77. The number of aromatic hydroxyl groups is 1. The third-order valence-electron chi connectivity index (χ3n) is 2.33. The number of aryl methyl sites for hydroxylation is 2. The average molecular weight is 179 g/mol. The highest BCUT2D eigenvalue weighted by atomic mass is 16.3. The summed E-state index contributed by atoms with van der Waals surface area (Å²) in [6.07, 6.45) is 1.71. The van der Waals surface area contributed by atoms with Gasteiger partial charge >= 0.3 is 0 Å². The Hall–Kier alpha value is -1.02. The summed E-state index contributed by atoms with van der Waals surface area (Å²) in [6.45, 7) is 4.61. The number of phenolic OH excluding ortho intramolecular Hbond substituents is 1. The molecule has 3 N–H and O–H groups in total. The normalized spacial score (nSPS) is 10.4. The third-order valence-corrected chi connectivity index (χ3v) is 2.33. The molecular formula is C11H17NO. The van der Waals surface area contributed by atoms with Gasteiger partial charge in [-0.15, -0.1) is 0 Å². The number of hydrogen-bond acceptors (Lipinski definition) is 2. The molecule has 13 heavy (non-hydrogen) atoms. The van der Waals surface area contributed by atoms with Gasteiger partial charge in [-0.1, -0.05) is 26.0 Å². The van der Waals surface area contributed by atoms with Crippen molar-refractivity contribution in [1.82, 2.24) is 0 Å². The van der Waals surface area contributed by atoms with Crippen molar-refractivity contribution >= 4 is 0 Å². The van der Waals surface area contributed by atoms with Crippen LogP contribution in [0, 0.1) is 0 Å². The van der Waals surface area contributed by atoms with Crippen LogP contribution in [0.25, 0.3) is 0 Å². The lowest BCUT2D eigenvalue weighted by atomic mass is 10.0. The van der Waals surface area contributed by atoms with Crippen molar-refractivity contribution in [2.75, 3.05) is 0 Å². The van der Waals surface area contributed by atoms with Gasteiger partial charge in [0, 0.05) is 6.54 Å². The first-order valence-corrected chi connectivity index (χ1v) is 4.76. The van der Waals surface area contributed by atoms with E-state index in [9.17, 15) is 5.11 Å². The Morgan fingerprint density at radius 3 is 1.92 bits per heavy atom. The second kappa shape index (κ2) is 4.28. The maximum Gasteiger partial charge on any atom is 0.121 e. The lowest BCUT2D eigenvalue weighted by Crippen LogP contribution is -1.99. The predicted octanol–water partition coefficient (Wildman–Crippen LogP) is 1.98. The first kappa shape index (κ1) is 10.1. The Labute approximate surface area is 79.4 Å². The Bertz CT molecular complexity index is 269. The molecule has 0 aliphatic heterocycles. The summed E-state index contributed by atoms with van der Waals surface area (Å²) in [4.78, 5) is 0. The first-order chi connectivity index (χ1) is 6.22. The summed E-state index contributed by atoms with van der Waals surface area (Å²) in [7, 11) is 0. The van der Waals surface area contributed by atoms with E-state index in [1.165, 1.54) is 0 Å². The van der Waals surface area contributed by atoms with Gasteiger partial charge < -0.3 is 10.8 Å². The fourth-order valence-electron chi connectivity index (χ4n) is 1.49. The van der Waals surface area contributed by atoms with Crippen LogP contribution in [0.1, 0.15) is 30.5 Å². The van der Waals surface area contributed by atoms with Gasteiger partial charge in [0.1, 0.15) is 5.75 Å². The molecule has 0 aromatic heterocycles. The molecule has 0 saturated heterocycles. The minimum Gasteiger partial charge on any atom is -0.507 e. The van der Waals surface area contributed by atoms with E-state index in [-0.39, 0.29) is 0 Å². The zero-order valence-corrected chi connectivity index (χ0v) is 8.30. The number of rotatable bonds is 3. The molecule has 0 atom stereocenters. The smallest absolute Gasteiger partial charge is 0.121 e. The Morgan fingerprint density at radius 2 is 1.62 bits per heavy atom. The molecule has 0 fully saturated rings. The van der Waals surface area contributed by atoms with Gasteiger partial charge in [0.05, 0.1) is 0 Å². The van der Waals surface area contributed by atoms with Gasteiger partial charge in [-0.05, 0) is 29.5 Å². The SMILES string of the molecule is CCc1cc(CN)cc(CC)c1O. The van der Waals surface area contributed by atoms with E-state index in [2.05, 4.69) is 0 Å². The third kappa shape index (κ3) is 2.01. The van der Waals surface area contributed by atoms with Gasteiger partial charge in [0.25, 0.3) is 0 Å². The van der Waals surface area contributed by atoms with E-state index < -0.39 is 0 Å². The van der Waals surface area contributed by atoms with Crippen LogP contribution in [-0.2, 0) is 19.4 Å². The predicted molar refractivity (Wildman–Crippen MR) is 54.8 cm³/mol. The van der Waals surface area contributed by atoms with E-state index in [0.717, 1.165) is 29.5 Å². The standard InChI is InChI=1S/C11H17NO/c1-3-9-5-8(7-12)6-10(4-2)11(9)13/h5-6,13H,3-4,7,12H2,1-2H3. The largest absolute Gasteiger partial charge is 0.507 e. The monoisotopic (exact) mass is 179 g/mol. The number of nitrogens with two attached hydrogens (primary N) is 1. The van der Waals surface area contributed by atoms with Crippen LogP contribution in [0.4, 0.5) is 0 Å². The van der Waals surface area contributed by atoms with Crippen molar-refractivity contribution in [3.63, 3.8) is 0 Å². The molecule has 0 aliphatic rings. The highest BCUT2D eigenvalue weighted by Crippen LogP contribution is 2.25. The Balaban J connectivity index is 3.20. The zero-order valence-electron chi connectivity index (χ0n) is 8.30. The van der Waals surface area contributed by atoms with Crippen molar-refractivity contribution < 1.29 is 5.11 Å². The second-order valence-electron chi connectivity index (χ2n) is 3.17. The van der Waals surface area contributed by atoms with E-state index in [0.29, 0.717) is 12.3 Å². The number of phenols is 1. The molecule has 0 amide bonds. The minimum absolute atomic E-state index is 0.446. The highest BCUT2D eigenvalue weighted by molar-refractivity contribution is 5.43. The summed E-state index contributed by atoms with van der Waals surface area (Å²) in [6, 6.07) is 3.96. The van der Waals surface area contributed by atoms with E-state index in [1.807, 2.05) is 26.0 Å². The zero-order chi connectivity index (χ0) is 9.84.